The molecule has 0 spiro atoms. The highest BCUT2D eigenvalue weighted by Crippen LogP contribution is 2.27. The molecule has 1 N–H and O–H groups in total. The van der Waals surface area contributed by atoms with E-state index in [1.807, 2.05) is 66.7 Å². The summed E-state index contributed by atoms with van der Waals surface area (Å²) < 4.78 is 1.74. The van der Waals surface area contributed by atoms with Gasteiger partial charge in [-0.05, 0) is 53.9 Å². The minimum absolute atomic E-state index is 0.126. The minimum atomic E-state index is -0.227. The zero-order chi connectivity index (χ0) is 25.8. The predicted octanol–water partition coefficient (Wildman–Crippen LogP) is 6.97. The molecule has 6 heteroatoms. The van der Waals surface area contributed by atoms with E-state index in [9.17, 15) is 9.59 Å². The molecule has 1 amide bonds. The molecule has 0 saturated heterocycles. The third-order valence-corrected chi connectivity index (χ3v) is 6.61. The lowest BCUT2D eigenvalue weighted by molar-refractivity contribution is 0.102. The van der Waals surface area contributed by atoms with Crippen LogP contribution in [0.3, 0.4) is 0 Å². The second-order valence-electron chi connectivity index (χ2n) is 8.90. The van der Waals surface area contributed by atoms with E-state index in [1.54, 1.807) is 34.9 Å². The summed E-state index contributed by atoms with van der Waals surface area (Å²) in [4.78, 5) is 31.1. The molecule has 0 fully saturated rings. The van der Waals surface area contributed by atoms with E-state index in [0.29, 0.717) is 40.1 Å². The van der Waals surface area contributed by atoms with E-state index in [1.165, 1.54) is 0 Å². The second kappa shape index (κ2) is 10.8. The zero-order valence-corrected chi connectivity index (χ0v) is 21.2. The molecule has 1 heterocycles. The quantitative estimate of drug-likeness (QED) is 0.259. The third kappa shape index (κ3) is 5.32. The molecule has 0 aliphatic rings. The molecule has 37 heavy (non-hydrogen) atoms. The van der Waals surface area contributed by atoms with Crippen LogP contribution in [0.4, 0.5) is 5.69 Å². The van der Waals surface area contributed by atoms with Crippen molar-refractivity contribution < 1.29 is 4.79 Å². The number of anilines is 1. The van der Waals surface area contributed by atoms with E-state index < -0.39 is 0 Å². The van der Waals surface area contributed by atoms with Crippen molar-refractivity contribution in [3.8, 4) is 11.1 Å². The van der Waals surface area contributed by atoms with Gasteiger partial charge >= 0.3 is 0 Å². The van der Waals surface area contributed by atoms with E-state index in [-0.39, 0.29) is 11.5 Å². The molecule has 0 atom stereocenters. The Bertz CT molecular complexity index is 1630. The Hall–Kier alpha value is -4.22. The zero-order valence-electron chi connectivity index (χ0n) is 20.4. The Morgan fingerprint density at radius 2 is 1.65 bits per heavy atom. The van der Waals surface area contributed by atoms with Gasteiger partial charge in [0.15, 0.2) is 0 Å². The summed E-state index contributed by atoms with van der Waals surface area (Å²) in [5, 5.41) is 4.06. The maximum atomic E-state index is 13.7. The molecule has 0 aliphatic heterocycles. The minimum Gasteiger partial charge on any atom is -0.322 e. The van der Waals surface area contributed by atoms with Gasteiger partial charge in [0.1, 0.15) is 5.82 Å². The first kappa shape index (κ1) is 24.5. The van der Waals surface area contributed by atoms with Gasteiger partial charge in [-0.25, -0.2) is 4.98 Å². The number of aromatic nitrogens is 2. The number of nitrogens with zero attached hydrogens (tertiary/aromatic N) is 2. The van der Waals surface area contributed by atoms with E-state index in [2.05, 4.69) is 12.2 Å². The van der Waals surface area contributed by atoms with Crippen molar-refractivity contribution in [1.29, 1.82) is 0 Å². The average molecular weight is 508 g/mol. The molecular formula is C31H26ClN3O2. The van der Waals surface area contributed by atoms with Crippen LogP contribution in [0.5, 0.6) is 0 Å². The largest absolute Gasteiger partial charge is 0.322 e. The summed E-state index contributed by atoms with van der Waals surface area (Å²) in [6.45, 7) is 2.47. The summed E-state index contributed by atoms with van der Waals surface area (Å²) >= 11 is 6.36. The Morgan fingerprint density at radius 1 is 0.919 bits per heavy atom. The first-order valence-electron chi connectivity index (χ1n) is 12.3. The number of halogens is 1. The van der Waals surface area contributed by atoms with Crippen molar-refractivity contribution in [2.24, 2.45) is 0 Å². The Labute approximate surface area is 220 Å². The number of amides is 1. The standard InChI is InChI=1S/C31H26ClN3O2/c1-2-8-29-34-28-18-17-24(33-30(36)23-9-4-3-5-10-23)19-26(28)31(37)35(29)20-21-13-15-22(16-14-21)25-11-6-7-12-27(25)32/h3-7,9-19H,2,8,20H2,1H3,(H,33,36). The monoisotopic (exact) mass is 507 g/mol. The smallest absolute Gasteiger partial charge is 0.261 e. The Kier molecular flexibility index (Phi) is 7.15. The molecule has 5 rings (SSSR count). The highest BCUT2D eigenvalue weighted by molar-refractivity contribution is 6.33. The fourth-order valence-electron chi connectivity index (χ4n) is 4.38. The predicted molar refractivity (Wildman–Crippen MR) is 150 cm³/mol. The molecule has 0 saturated carbocycles. The summed E-state index contributed by atoms with van der Waals surface area (Å²) in [5.74, 6) is 0.519. The molecule has 5 aromatic rings. The van der Waals surface area contributed by atoms with Gasteiger partial charge in [0.2, 0.25) is 0 Å². The van der Waals surface area contributed by atoms with Crippen LogP contribution in [-0.4, -0.2) is 15.5 Å². The van der Waals surface area contributed by atoms with Crippen molar-refractivity contribution >= 4 is 34.1 Å². The molecule has 0 unspecified atom stereocenters. The summed E-state index contributed by atoms with van der Waals surface area (Å²) in [5.41, 5.74) is 4.58. The van der Waals surface area contributed by atoms with Crippen LogP contribution >= 0.6 is 11.6 Å². The van der Waals surface area contributed by atoms with Crippen LogP contribution < -0.4 is 10.9 Å². The van der Waals surface area contributed by atoms with Crippen LogP contribution in [0, 0.1) is 0 Å². The van der Waals surface area contributed by atoms with Gasteiger partial charge in [-0.15, -0.1) is 0 Å². The average Bonchev–Trinajstić information content (AvgIpc) is 2.92. The van der Waals surface area contributed by atoms with Crippen molar-refractivity contribution in [1.82, 2.24) is 9.55 Å². The molecule has 1 aromatic heterocycles. The second-order valence-corrected chi connectivity index (χ2v) is 9.31. The molecule has 0 radical (unpaired) electrons. The van der Waals surface area contributed by atoms with E-state index in [4.69, 9.17) is 16.6 Å². The fraction of sp³-hybridized carbons (Fsp3) is 0.129. The lowest BCUT2D eigenvalue weighted by Gasteiger charge is -2.15. The fourth-order valence-corrected chi connectivity index (χ4v) is 4.63. The number of fused-ring (bicyclic) bond motifs is 1. The summed E-state index contributed by atoms with van der Waals surface area (Å²) in [6, 6.07) is 30.1. The molecule has 184 valence electrons. The van der Waals surface area contributed by atoms with Crippen LogP contribution in [0.25, 0.3) is 22.0 Å². The van der Waals surface area contributed by atoms with Crippen molar-refractivity contribution in [3.63, 3.8) is 0 Å². The van der Waals surface area contributed by atoms with Gasteiger partial charge in [0.25, 0.3) is 11.5 Å². The van der Waals surface area contributed by atoms with Crippen LogP contribution in [-0.2, 0) is 13.0 Å². The highest BCUT2D eigenvalue weighted by Gasteiger charge is 2.14. The molecule has 4 aromatic carbocycles. The van der Waals surface area contributed by atoms with Crippen molar-refractivity contribution in [3.05, 3.63) is 129 Å². The van der Waals surface area contributed by atoms with Crippen LogP contribution in [0.15, 0.2) is 102 Å². The van der Waals surface area contributed by atoms with Gasteiger partial charge in [-0.2, -0.15) is 0 Å². The number of rotatable bonds is 7. The Morgan fingerprint density at radius 3 is 2.38 bits per heavy atom. The summed E-state index contributed by atoms with van der Waals surface area (Å²) in [7, 11) is 0. The van der Waals surface area contributed by atoms with Gasteiger partial charge in [-0.3, -0.25) is 14.2 Å². The van der Waals surface area contributed by atoms with Gasteiger partial charge < -0.3 is 5.32 Å². The molecule has 0 bridgehead atoms. The Balaban J connectivity index is 1.48. The van der Waals surface area contributed by atoms with Gasteiger partial charge in [0, 0.05) is 28.3 Å². The number of benzene rings is 4. The number of carbonyl (C=O) groups excluding carboxylic acids is 1. The lowest BCUT2D eigenvalue weighted by Crippen LogP contribution is -2.26. The SMILES string of the molecule is CCCc1nc2ccc(NC(=O)c3ccccc3)cc2c(=O)n1Cc1ccc(-c2ccccc2Cl)cc1. The third-order valence-electron chi connectivity index (χ3n) is 6.28. The normalized spacial score (nSPS) is 11.0. The van der Waals surface area contributed by atoms with Crippen LogP contribution in [0.2, 0.25) is 5.02 Å². The maximum Gasteiger partial charge on any atom is 0.261 e. The number of carbonyl (C=O) groups is 1. The summed E-state index contributed by atoms with van der Waals surface area (Å²) in [6.07, 6.45) is 1.56. The van der Waals surface area contributed by atoms with Crippen molar-refractivity contribution in [2.75, 3.05) is 5.32 Å². The van der Waals surface area contributed by atoms with Gasteiger partial charge in [0.05, 0.1) is 17.4 Å². The van der Waals surface area contributed by atoms with E-state index >= 15 is 0 Å². The topological polar surface area (TPSA) is 64.0 Å². The lowest BCUT2D eigenvalue weighted by atomic mass is 10.0. The van der Waals surface area contributed by atoms with Gasteiger partial charge in [-0.1, -0.05) is 79.2 Å². The molecule has 5 nitrogen and oxygen atoms in total. The first-order chi connectivity index (χ1) is 18.0. The number of nitrogens with one attached hydrogen (secondary N) is 1. The number of hydrogen-bond donors (Lipinski definition) is 1. The van der Waals surface area contributed by atoms with E-state index in [0.717, 1.165) is 28.9 Å². The maximum absolute atomic E-state index is 13.7. The molecule has 0 aliphatic carbocycles. The highest BCUT2D eigenvalue weighted by atomic mass is 35.5. The number of hydrogen-bond acceptors (Lipinski definition) is 3. The number of aryl methyl sites for hydroxylation is 1. The molecular weight excluding hydrogens is 482 g/mol. The van der Waals surface area contributed by atoms with Crippen LogP contribution in [0.1, 0.15) is 35.1 Å². The van der Waals surface area contributed by atoms with Crippen molar-refractivity contribution in [2.45, 2.75) is 26.3 Å². The first-order valence-corrected chi connectivity index (χ1v) is 12.6.